The summed E-state index contributed by atoms with van der Waals surface area (Å²) in [4.78, 5) is 29.0. The van der Waals surface area contributed by atoms with Crippen molar-refractivity contribution in [2.24, 2.45) is 5.92 Å². The number of amides is 2. The highest BCUT2D eigenvalue weighted by molar-refractivity contribution is 5.95. The second-order valence-electron chi connectivity index (χ2n) is 7.88. The molecular weight excluding hydrogens is 442 g/mol. The summed E-state index contributed by atoms with van der Waals surface area (Å²) in [7, 11) is 0. The maximum Gasteiger partial charge on any atom is 0.251 e. The van der Waals surface area contributed by atoms with Crippen molar-refractivity contribution in [3.05, 3.63) is 78.5 Å². The monoisotopic (exact) mass is 471 g/mol. The van der Waals surface area contributed by atoms with Crippen molar-refractivity contribution in [3.63, 3.8) is 0 Å². The Labute approximate surface area is 204 Å². The molecule has 1 aliphatic rings. The molecule has 2 aromatic carbocycles. The van der Waals surface area contributed by atoms with Gasteiger partial charge < -0.3 is 10.1 Å². The Morgan fingerprint density at radius 2 is 1.74 bits per heavy atom. The summed E-state index contributed by atoms with van der Waals surface area (Å²) in [5.41, 5.74) is 2.96. The van der Waals surface area contributed by atoms with Gasteiger partial charge in [-0.25, -0.2) is 4.52 Å². The highest BCUT2D eigenvalue weighted by Crippen LogP contribution is 2.30. The number of anilines is 1. The Bertz CT molecular complexity index is 1280. The predicted molar refractivity (Wildman–Crippen MR) is 135 cm³/mol. The van der Waals surface area contributed by atoms with Crippen molar-refractivity contribution in [3.8, 4) is 16.9 Å². The molecule has 0 radical (unpaired) electrons. The molecule has 5 rings (SSSR count). The molecule has 0 atom stereocenters. The Hall–Kier alpha value is -4.20. The van der Waals surface area contributed by atoms with E-state index in [2.05, 4.69) is 20.7 Å². The molecule has 1 fully saturated rings. The number of hydrogen-bond acceptors (Lipinski definition) is 5. The van der Waals surface area contributed by atoms with Crippen LogP contribution in [0.3, 0.4) is 0 Å². The zero-order valence-corrected chi connectivity index (χ0v) is 19.9. The first-order valence-corrected chi connectivity index (χ1v) is 11.9. The fourth-order valence-electron chi connectivity index (χ4n) is 3.50. The zero-order chi connectivity index (χ0) is 24.6. The first kappa shape index (κ1) is 23.9. The van der Waals surface area contributed by atoms with Crippen LogP contribution >= 0.6 is 0 Å². The molecule has 0 saturated heterocycles. The van der Waals surface area contributed by atoms with Crippen molar-refractivity contribution in [2.75, 3.05) is 18.5 Å². The summed E-state index contributed by atoms with van der Waals surface area (Å²) in [6.07, 6.45) is 3.63. The SMILES string of the molecule is CC.O=C(NCCOc1ccccc1)c1ccc(-c2cccn3nc(NC(=O)C4CC4)nc23)cc1. The fourth-order valence-corrected chi connectivity index (χ4v) is 3.50. The number of carbonyl (C=O) groups excluding carboxylic acids is 2. The maximum atomic E-state index is 12.4. The minimum absolute atomic E-state index is 0.0306. The standard InChI is InChI=1S/C25H23N5O3.C2H6/c31-23(26-14-16-33-20-5-2-1-3-6-20)18-10-8-17(9-11-18)21-7-4-15-30-22(21)27-25(29-30)28-24(32)19-12-13-19;1-2/h1-11,15,19H,12-14,16H2,(H,26,31)(H,28,29,32);1-2H3. The van der Waals surface area contributed by atoms with E-state index in [1.807, 2.05) is 68.4 Å². The van der Waals surface area contributed by atoms with E-state index in [0.29, 0.717) is 30.3 Å². The quantitative estimate of drug-likeness (QED) is 0.367. The van der Waals surface area contributed by atoms with Crippen LogP contribution in [0.5, 0.6) is 5.75 Å². The number of hydrogen-bond donors (Lipinski definition) is 2. The minimum Gasteiger partial charge on any atom is -0.492 e. The summed E-state index contributed by atoms with van der Waals surface area (Å²) >= 11 is 0. The van der Waals surface area contributed by atoms with Gasteiger partial charge in [-0.15, -0.1) is 5.10 Å². The van der Waals surface area contributed by atoms with Crippen LogP contribution in [0.2, 0.25) is 0 Å². The molecule has 35 heavy (non-hydrogen) atoms. The summed E-state index contributed by atoms with van der Waals surface area (Å²) in [5, 5.41) is 10.0. The highest BCUT2D eigenvalue weighted by atomic mass is 16.5. The summed E-state index contributed by atoms with van der Waals surface area (Å²) in [6, 6.07) is 20.6. The molecule has 2 heterocycles. The number of nitrogens with zero attached hydrogens (tertiary/aromatic N) is 3. The van der Waals surface area contributed by atoms with Gasteiger partial charge in [-0.2, -0.15) is 4.98 Å². The third-order valence-corrected chi connectivity index (χ3v) is 5.40. The van der Waals surface area contributed by atoms with Crippen molar-refractivity contribution >= 4 is 23.4 Å². The lowest BCUT2D eigenvalue weighted by Gasteiger charge is -2.08. The third kappa shape index (κ3) is 6.03. The minimum atomic E-state index is -0.163. The van der Waals surface area contributed by atoms with Gasteiger partial charge in [0, 0.05) is 23.2 Å². The van der Waals surface area contributed by atoms with Crippen LogP contribution in [0.25, 0.3) is 16.8 Å². The number of rotatable bonds is 8. The molecular formula is C27H29N5O3. The Morgan fingerprint density at radius 3 is 2.46 bits per heavy atom. The molecule has 4 aromatic rings. The molecule has 8 nitrogen and oxygen atoms in total. The zero-order valence-electron chi connectivity index (χ0n) is 19.9. The number of carbonyl (C=O) groups is 2. The van der Waals surface area contributed by atoms with E-state index in [0.717, 1.165) is 29.7 Å². The highest BCUT2D eigenvalue weighted by Gasteiger charge is 2.30. The number of nitrogens with one attached hydrogen (secondary N) is 2. The van der Waals surface area contributed by atoms with E-state index in [1.54, 1.807) is 22.8 Å². The van der Waals surface area contributed by atoms with Crippen molar-refractivity contribution in [1.82, 2.24) is 19.9 Å². The van der Waals surface area contributed by atoms with Gasteiger partial charge in [0.05, 0.1) is 6.54 Å². The maximum absolute atomic E-state index is 12.4. The van der Waals surface area contributed by atoms with Crippen LogP contribution in [0, 0.1) is 5.92 Å². The molecule has 2 N–H and O–H groups in total. The largest absolute Gasteiger partial charge is 0.492 e. The van der Waals surface area contributed by atoms with Gasteiger partial charge in [0.15, 0.2) is 5.65 Å². The first-order chi connectivity index (χ1) is 17.2. The number of para-hydroxylation sites is 1. The molecule has 0 aliphatic heterocycles. The molecule has 2 amide bonds. The van der Waals surface area contributed by atoms with Crippen LogP contribution in [0.15, 0.2) is 72.9 Å². The van der Waals surface area contributed by atoms with Crippen molar-refractivity contribution < 1.29 is 14.3 Å². The van der Waals surface area contributed by atoms with E-state index >= 15 is 0 Å². The summed E-state index contributed by atoms with van der Waals surface area (Å²) < 4.78 is 7.24. The summed E-state index contributed by atoms with van der Waals surface area (Å²) in [6.45, 7) is 4.80. The Morgan fingerprint density at radius 1 is 1.00 bits per heavy atom. The topological polar surface area (TPSA) is 97.6 Å². The number of fused-ring (bicyclic) bond motifs is 1. The average molecular weight is 472 g/mol. The molecule has 1 aliphatic carbocycles. The van der Waals surface area contributed by atoms with Gasteiger partial charge in [0.25, 0.3) is 5.91 Å². The second kappa shape index (κ2) is 11.3. The molecule has 1 saturated carbocycles. The lowest BCUT2D eigenvalue weighted by atomic mass is 10.0. The molecule has 8 heteroatoms. The lowest BCUT2D eigenvalue weighted by Crippen LogP contribution is -2.28. The smallest absolute Gasteiger partial charge is 0.251 e. The van der Waals surface area contributed by atoms with E-state index in [1.165, 1.54) is 0 Å². The molecule has 0 bridgehead atoms. The van der Waals surface area contributed by atoms with Crippen LogP contribution in [0.4, 0.5) is 5.95 Å². The molecule has 2 aromatic heterocycles. The number of benzene rings is 2. The van der Waals surface area contributed by atoms with Gasteiger partial charge in [0.1, 0.15) is 12.4 Å². The van der Waals surface area contributed by atoms with Crippen LogP contribution in [0.1, 0.15) is 37.0 Å². The van der Waals surface area contributed by atoms with E-state index < -0.39 is 0 Å². The Kier molecular flexibility index (Phi) is 7.72. The first-order valence-electron chi connectivity index (χ1n) is 11.9. The van der Waals surface area contributed by atoms with Gasteiger partial charge in [0.2, 0.25) is 11.9 Å². The molecule has 0 unspecified atom stereocenters. The molecule has 180 valence electrons. The van der Waals surface area contributed by atoms with Crippen LogP contribution in [-0.2, 0) is 4.79 Å². The molecule has 0 spiro atoms. The van der Waals surface area contributed by atoms with Gasteiger partial charge >= 0.3 is 0 Å². The lowest BCUT2D eigenvalue weighted by molar-refractivity contribution is -0.117. The van der Waals surface area contributed by atoms with Crippen molar-refractivity contribution in [1.29, 1.82) is 0 Å². The van der Waals surface area contributed by atoms with Gasteiger partial charge in [-0.05, 0) is 54.8 Å². The van der Waals surface area contributed by atoms with Crippen molar-refractivity contribution in [2.45, 2.75) is 26.7 Å². The van der Waals surface area contributed by atoms with Crippen LogP contribution in [-0.4, -0.2) is 39.6 Å². The fraction of sp³-hybridized carbons (Fsp3) is 0.259. The predicted octanol–water partition coefficient (Wildman–Crippen LogP) is 4.58. The average Bonchev–Trinajstić information content (AvgIpc) is 3.68. The number of pyridine rings is 1. The van der Waals surface area contributed by atoms with Gasteiger partial charge in [-0.1, -0.05) is 44.2 Å². The third-order valence-electron chi connectivity index (χ3n) is 5.40. The number of aromatic nitrogens is 3. The van der Waals surface area contributed by atoms with E-state index in [4.69, 9.17) is 4.74 Å². The normalized spacial score (nSPS) is 12.4. The van der Waals surface area contributed by atoms with E-state index in [-0.39, 0.29) is 17.7 Å². The number of ether oxygens (including phenoxy) is 1. The van der Waals surface area contributed by atoms with Crippen LogP contribution < -0.4 is 15.4 Å². The summed E-state index contributed by atoms with van der Waals surface area (Å²) in [5.74, 6) is 0.961. The second-order valence-corrected chi connectivity index (χ2v) is 7.88. The van der Waals surface area contributed by atoms with E-state index in [9.17, 15) is 9.59 Å². The van der Waals surface area contributed by atoms with Gasteiger partial charge in [-0.3, -0.25) is 14.9 Å². The Balaban J connectivity index is 0.00000141.